The normalized spacial score (nSPS) is 18.2. The Labute approximate surface area is 181 Å². The molecule has 0 unspecified atom stereocenters. The van der Waals surface area contributed by atoms with Gasteiger partial charge in [-0.3, -0.25) is 4.79 Å². The fourth-order valence-electron chi connectivity index (χ4n) is 4.02. The number of carbonyl (C=O) groups is 1. The van der Waals surface area contributed by atoms with Crippen molar-refractivity contribution in [2.24, 2.45) is 5.10 Å². The standard InChI is InChI=1S/C25H24N4O2/c1-17-8-9-23-19(14-17)15-20(24(26-23)28-10-12-31-13-11-28)16-22-18(2)27-29(25(22)30)21-6-4-3-5-7-21/h3-9,14-16H,10-13H2,1-2H3/b22-16-. The maximum absolute atomic E-state index is 13.2. The fourth-order valence-corrected chi connectivity index (χ4v) is 4.02. The van der Waals surface area contributed by atoms with Crippen LogP contribution < -0.4 is 9.91 Å². The van der Waals surface area contributed by atoms with Crippen LogP contribution in [0.2, 0.25) is 0 Å². The summed E-state index contributed by atoms with van der Waals surface area (Å²) in [6.45, 7) is 6.84. The predicted octanol–water partition coefficient (Wildman–Crippen LogP) is 4.19. The van der Waals surface area contributed by atoms with Gasteiger partial charge in [0.05, 0.1) is 35.7 Å². The third-order valence-corrected chi connectivity index (χ3v) is 5.65. The van der Waals surface area contributed by atoms with E-state index in [-0.39, 0.29) is 5.91 Å². The topological polar surface area (TPSA) is 58.0 Å². The molecule has 0 saturated carbocycles. The number of morpholine rings is 1. The lowest BCUT2D eigenvalue weighted by Gasteiger charge is -2.29. The molecule has 0 radical (unpaired) electrons. The number of pyridine rings is 1. The predicted molar refractivity (Wildman–Crippen MR) is 125 cm³/mol. The van der Waals surface area contributed by atoms with Crippen molar-refractivity contribution in [2.75, 3.05) is 36.2 Å². The van der Waals surface area contributed by atoms with E-state index in [0.29, 0.717) is 24.5 Å². The molecule has 6 heteroatoms. The molecule has 0 N–H and O–H groups in total. The summed E-state index contributed by atoms with van der Waals surface area (Å²) in [5.74, 6) is 0.756. The summed E-state index contributed by atoms with van der Waals surface area (Å²) in [7, 11) is 0. The molecule has 1 fully saturated rings. The van der Waals surface area contributed by atoms with E-state index in [1.54, 1.807) is 0 Å². The molecule has 3 heterocycles. The molecule has 31 heavy (non-hydrogen) atoms. The number of carbonyl (C=O) groups excluding carboxylic acids is 1. The van der Waals surface area contributed by atoms with Gasteiger partial charge in [-0.15, -0.1) is 0 Å². The monoisotopic (exact) mass is 412 g/mol. The highest BCUT2D eigenvalue weighted by Crippen LogP contribution is 2.30. The van der Waals surface area contributed by atoms with E-state index in [1.165, 1.54) is 10.6 Å². The van der Waals surface area contributed by atoms with Gasteiger partial charge < -0.3 is 9.64 Å². The largest absolute Gasteiger partial charge is 0.378 e. The first-order chi connectivity index (χ1) is 15.1. The molecule has 156 valence electrons. The van der Waals surface area contributed by atoms with Gasteiger partial charge >= 0.3 is 0 Å². The summed E-state index contributed by atoms with van der Waals surface area (Å²) in [6.07, 6.45) is 1.93. The van der Waals surface area contributed by atoms with Crippen molar-refractivity contribution in [1.82, 2.24) is 4.98 Å². The Balaban J connectivity index is 1.61. The Bertz CT molecular complexity index is 1210. The number of hydrogen-bond acceptors (Lipinski definition) is 5. The first-order valence-electron chi connectivity index (χ1n) is 10.5. The molecule has 3 aromatic rings. The molecule has 1 aromatic heterocycles. The van der Waals surface area contributed by atoms with Gasteiger partial charge in [0.2, 0.25) is 0 Å². The van der Waals surface area contributed by atoms with E-state index in [4.69, 9.17) is 9.72 Å². The average molecular weight is 412 g/mol. The SMILES string of the molecule is CC1=NN(c2ccccc2)C(=O)/C1=C\c1cc2cc(C)ccc2nc1N1CCOCC1. The number of rotatable bonds is 3. The summed E-state index contributed by atoms with van der Waals surface area (Å²) in [5.41, 5.74) is 5.10. The molecule has 2 aromatic carbocycles. The number of fused-ring (bicyclic) bond motifs is 1. The molecule has 0 aliphatic carbocycles. The van der Waals surface area contributed by atoms with Crippen LogP contribution in [-0.2, 0) is 9.53 Å². The Morgan fingerprint density at radius 2 is 1.77 bits per heavy atom. The van der Waals surface area contributed by atoms with Crippen LogP contribution >= 0.6 is 0 Å². The maximum Gasteiger partial charge on any atom is 0.280 e. The van der Waals surface area contributed by atoms with Gasteiger partial charge in [-0.05, 0) is 50.3 Å². The molecule has 0 spiro atoms. The Morgan fingerprint density at radius 3 is 2.55 bits per heavy atom. The number of hydrazone groups is 1. The number of para-hydroxylation sites is 1. The van der Waals surface area contributed by atoms with Crippen LogP contribution in [0.1, 0.15) is 18.1 Å². The number of anilines is 2. The molecule has 1 amide bonds. The number of aromatic nitrogens is 1. The number of nitrogens with zero attached hydrogens (tertiary/aromatic N) is 4. The second-order valence-electron chi connectivity index (χ2n) is 7.89. The Morgan fingerprint density at radius 1 is 1.00 bits per heavy atom. The van der Waals surface area contributed by atoms with Crippen LogP contribution in [0.3, 0.4) is 0 Å². The highest BCUT2D eigenvalue weighted by Gasteiger charge is 2.29. The molecule has 0 atom stereocenters. The van der Waals surface area contributed by atoms with Crippen molar-refractivity contribution in [2.45, 2.75) is 13.8 Å². The summed E-state index contributed by atoms with van der Waals surface area (Å²) in [6, 6.07) is 17.9. The molecule has 2 aliphatic heterocycles. The molecular formula is C25H24N4O2. The summed E-state index contributed by atoms with van der Waals surface area (Å²) < 4.78 is 5.53. The van der Waals surface area contributed by atoms with Crippen molar-refractivity contribution in [3.63, 3.8) is 0 Å². The first-order valence-corrected chi connectivity index (χ1v) is 10.5. The van der Waals surface area contributed by atoms with E-state index < -0.39 is 0 Å². The smallest absolute Gasteiger partial charge is 0.280 e. The van der Waals surface area contributed by atoms with Crippen molar-refractivity contribution >= 4 is 40.1 Å². The highest BCUT2D eigenvalue weighted by molar-refractivity contribution is 6.32. The number of aryl methyl sites for hydroxylation is 1. The van der Waals surface area contributed by atoms with E-state index >= 15 is 0 Å². The van der Waals surface area contributed by atoms with Crippen LogP contribution in [0.5, 0.6) is 0 Å². The van der Waals surface area contributed by atoms with E-state index in [9.17, 15) is 4.79 Å². The molecule has 5 rings (SSSR count). The summed E-state index contributed by atoms with van der Waals surface area (Å²) >= 11 is 0. The fraction of sp³-hybridized carbons (Fsp3) is 0.240. The van der Waals surface area contributed by atoms with Crippen LogP contribution in [0.4, 0.5) is 11.5 Å². The Kier molecular flexibility index (Phi) is 5.00. The third-order valence-electron chi connectivity index (χ3n) is 5.65. The minimum absolute atomic E-state index is 0.124. The average Bonchev–Trinajstić information content (AvgIpc) is 3.08. The van der Waals surface area contributed by atoms with Gasteiger partial charge in [0.15, 0.2) is 0 Å². The van der Waals surface area contributed by atoms with Gasteiger partial charge in [-0.2, -0.15) is 10.1 Å². The number of amides is 1. The molecule has 0 bridgehead atoms. The van der Waals surface area contributed by atoms with Crippen molar-refractivity contribution in [1.29, 1.82) is 0 Å². The zero-order chi connectivity index (χ0) is 21.4. The number of benzene rings is 2. The maximum atomic E-state index is 13.2. The molecule has 6 nitrogen and oxygen atoms in total. The van der Waals surface area contributed by atoms with Crippen molar-refractivity contribution in [3.8, 4) is 0 Å². The van der Waals surface area contributed by atoms with E-state index in [2.05, 4.69) is 41.2 Å². The summed E-state index contributed by atoms with van der Waals surface area (Å²) in [4.78, 5) is 20.4. The molecular weight excluding hydrogens is 388 g/mol. The second-order valence-corrected chi connectivity index (χ2v) is 7.89. The third kappa shape index (κ3) is 3.70. The second kappa shape index (κ2) is 7.96. The minimum Gasteiger partial charge on any atom is -0.378 e. The van der Waals surface area contributed by atoms with Gasteiger partial charge in [0.1, 0.15) is 5.82 Å². The van der Waals surface area contributed by atoms with Gasteiger partial charge in [0, 0.05) is 24.0 Å². The molecule has 2 aliphatic rings. The van der Waals surface area contributed by atoms with E-state index in [1.807, 2.05) is 43.3 Å². The van der Waals surface area contributed by atoms with Crippen LogP contribution in [0.25, 0.3) is 17.0 Å². The lowest BCUT2D eigenvalue weighted by Crippen LogP contribution is -2.37. The first kappa shape index (κ1) is 19.5. The van der Waals surface area contributed by atoms with Crippen LogP contribution in [-0.4, -0.2) is 42.9 Å². The Hall–Kier alpha value is -3.51. The quantitative estimate of drug-likeness (QED) is 0.606. The minimum atomic E-state index is -0.124. The van der Waals surface area contributed by atoms with Crippen LogP contribution in [0.15, 0.2) is 65.3 Å². The van der Waals surface area contributed by atoms with Crippen molar-refractivity contribution in [3.05, 3.63) is 71.3 Å². The zero-order valence-electron chi connectivity index (χ0n) is 17.7. The van der Waals surface area contributed by atoms with Crippen molar-refractivity contribution < 1.29 is 9.53 Å². The number of ether oxygens (including phenoxy) is 1. The van der Waals surface area contributed by atoms with Gasteiger partial charge in [0.25, 0.3) is 5.91 Å². The lowest BCUT2D eigenvalue weighted by molar-refractivity contribution is -0.114. The van der Waals surface area contributed by atoms with Crippen LogP contribution in [0, 0.1) is 6.92 Å². The lowest BCUT2D eigenvalue weighted by atomic mass is 10.0. The van der Waals surface area contributed by atoms with Gasteiger partial charge in [-0.1, -0.05) is 29.8 Å². The zero-order valence-corrected chi connectivity index (χ0v) is 17.7. The van der Waals surface area contributed by atoms with E-state index in [0.717, 1.165) is 41.1 Å². The highest BCUT2D eigenvalue weighted by atomic mass is 16.5. The molecule has 1 saturated heterocycles. The number of hydrogen-bond donors (Lipinski definition) is 0. The summed E-state index contributed by atoms with van der Waals surface area (Å²) in [5, 5.41) is 7.04. The van der Waals surface area contributed by atoms with Gasteiger partial charge in [-0.25, -0.2) is 4.98 Å².